The van der Waals surface area contributed by atoms with E-state index in [-0.39, 0.29) is 11.5 Å². The van der Waals surface area contributed by atoms with Gasteiger partial charge in [0.25, 0.3) is 11.8 Å². The molecule has 3 aromatic rings. The summed E-state index contributed by atoms with van der Waals surface area (Å²) in [5, 5.41) is 2.71. The number of fused-ring (bicyclic) bond motifs is 1. The molecule has 3 N–H and O–H groups in total. The molecule has 3 rings (SSSR count). The quantitative estimate of drug-likeness (QED) is 0.779. The highest BCUT2D eigenvalue weighted by atomic mass is 32.1. The predicted octanol–water partition coefficient (Wildman–Crippen LogP) is 2.65. The Morgan fingerprint density at radius 3 is 2.76 bits per heavy atom. The number of primary amides is 1. The molecule has 0 fully saturated rings. The Hall–Kier alpha value is -2.73. The lowest BCUT2D eigenvalue weighted by Gasteiger charge is -2.08. The summed E-state index contributed by atoms with van der Waals surface area (Å²) in [7, 11) is 0. The Bertz CT molecular complexity index is 842. The van der Waals surface area contributed by atoms with Crippen molar-refractivity contribution in [2.45, 2.75) is 0 Å². The molecule has 0 atom stereocenters. The third-order valence-electron chi connectivity index (χ3n) is 3.03. The lowest BCUT2D eigenvalue weighted by atomic mass is 10.1. The molecule has 104 valence electrons. The highest BCUT2D eigenvalue weighted by Gasteiger charge is 2.12. The molecule has 2 amide bonds. The van der Waals surface area contributed by atoms with Crippen LogP contribution in [0.1, 0.15) is 20.7 Å². The van der Waals surface area contributed by atoms with Crippen molar-refractivity contribution in [3.05, 3.63) is 59.1 Å². The van der Waals surface area contributed by atoms with E-state index in [1.807, 2.05) is 0 Å². The number of para-hydroxylation sites is 1. The Labute approximate surface area is 124 Å². The third kappa shape index (κ3) is 2.61. The number of aromatic nitrogens is 1. The van der Waals surface area contributed by atoms with E-state index in [9.17, 15) is 9.59 Å². The molecule has 0 spiro atoms. The number of benzene rings is 2. The number of carbonyl (C=O) groups is 2. The molecule has 21 heavy (non-hydrogen) atoms. The van der Waals surface area contributed by atoms with Gasteiger partial charge in [-0.2, -0.15) is 0 Å². The van der Waals surface area contributed by atoms with Crippen molar-refractivity contribution in [2.24, 2.45) is 5.73 Å². The summed E-state index contributed by atoms with van der Waals surface area (Å²) in [6.07, 6.45) is 0. The maximum Gasteiger partial charge on any atom is 0.255 e. The normalized spacial score (nSPS) is 10.5. The van der Waals surface area contributed by atoms with Gasteiger partial charge in [0.05, 0.1) is 27.0 Å². The van der Waals surface area contributed by atoms with Gasteiger partial charge in [-0.1, -0.05) is 12.1 Å². The van der Waals surface area contributed by atoms with Crippen LogP contribution in [0.5, 0.6) is 0 Å². The van der Waals surface area contributed by atoms with E-state index in [0.717, 1.165) is 10.2 Å². The van der Waals surface area contributed by atoms with Gasteiger partial charge in [-0.3, -0.25) is 9.59 Å². The van der Waals surface area contributed by atoms with Crippen LogP contribution in [0.3, 0.4) is 0 Å². The van der Waals surface area contributed by atoms with Crippen molar-refractivity contribution >= 4 is 39.1 Å². The van der Waals surface area contributed by atoms with Gasteiger partial charge in [-0.15, -0.1) is 11.3 Å². The van der Waals surface area contributed by atoms with Gasteiger partial charge in [0.2, 0.25) is 0 Å². The van der Waals surface area contributed by atoms with Crippen molar-refractivity contribution < 1.29 is 9.59 Å². The van der Waals surface area contributed by atoms with Crippen LogP contribution < -0.4 is 11.1 Å². The van der Waals surface area contributed by atoms with Gasteiger partial charge in [-0.25, -0.2) is 4.98 Å². The molecule has 0 unspecified atom stereocenters. The molecule has 0 aliphatic rings. The predicted molar refractivity (Wildman–Crippen MR) is 82.5 cm³/mol. The van der Waals surface area contributed by atoms with Crippen LogP contribution in [0.4, 0.5) is 5.69 Å². The van der Waals surface area contributed by atoms with E-state index in [1.54, 1.807) is 48.0 Å². The second-order valence-electron chi connectivity index (χ2n) is 4.40. The molecular weight excluding hydrogens is 286 g/mol. The van der Waals surface area contributed by atoms with Crippen molar-refractivity contribution in [1.29, 1.82) is 0 Å². The number of hydrogen-bond donors (Lipinski definition) is 2. The number of hydrogen-bond acceptors (Lipinski definition) is 4. The lowest BCUT2D eigenvalue weighted by Crippen LogP contribution is -2.18. The Morgan fingerprint density at radius 1 is 1.14 bits per heavy atom. The molecule has 0 bridgehead atoms. The van der Waals surface area contributed by atoms with Crippen LogP contribution in [0.2, 0.25) is 0 Å². The summed E-state index contributed by atoms with van der Waals surface area (Å²) < 4.78 is 0.936. The van der Waals surface area contributed by atoms with Crippen LogP contribution in [0.25, 0.3) is 10.2 Å². The van der Waals surface area contributed by atoms with Gasteiger partial charge >= 0.3 is 0 Å². The maximum absolute atomic E-state index is 12.3. The summed E-state index contributed by atoms with van der Waals surface area (Å²) in [6, 6.07) is 11.9. The lowest BCUT2D eigenvalue weighted by molar-refractivity contribution is 0.100. The smallest absolute Gasteiger partial charge is 0.255 e. The van der Waals surface area contributed by atoms with E-state index in [2.05, 4.69) is 10.3 Å². The topological polar surface area (TPSA) is 85.1 Å². The maximum atomic E-state index is 12.3. The van der Waals surface area contributed by atoms with Crippen LogP contribution in [0, 0.1) is 0 Å². The molecule has 1 aromatic heterocycles. The standard InChI is InChI=1S/C15H11N3O2S/c16-14(19)10-3-1-2-4-11(10)18-15(20)9-5-6-12-13(7-9)21-8-17-12/h1-8H,(H2,16,19)(H,18,20). The average molecular weight is 297 g/mol. The fraction of sp³-hybridized carbons (Fsp3) is 0. The summed E-state index contributed by atoms with van der Waals surface area (Å²) >= 11 is 1.47. The summed E-state index contributed by atoms with van der Waals surface area (Å²) in [5.41, 5.74) is 9.07. The van der Waals surface area contributed by atoms with Gasteiger partial charge in [0, 0.05) is 5.56 Å². The monoisotopic (exact) mass is 297 g/mol. The van der Waals surface area contributed by atoms with Gasteiger partial charge in [0.15, 0.2) is 0 Å². The number of anilines is 1. The first-order valence-electron chi connectivity index (χ1n) is 6.18. The van der Waals surface area contributed by atoms with Crippen molar-refractivity contribution in [2.75, 3.05) is 5.32 Å². The molecule has 0 saturated heterocycles. The summed E-state index contributed by atoms with van der Waals surface area (Å²) in [5.74, 6) is -0.872. The highest BCUT2D eigenvalue weighted by Crippen LogP contribution is 2.21. The number of nitrogens with one attached hydrogen (secondary N) is 1. The van der Waals surface area contributed by atoms with Crippen LogP contribution >= 0.6 is 11.3 Å². The Balaban J connectivity index is 1.91. The first-order chi connectivity index (χ1) is 10.1. The number of carbonyl (C=O) groups excluding carboxylic acids is 2. The number of rotatable bonds is 3. The molecule has 0 aliphatic carbocycles. The zero-order valence-electron chi connectivity index (χ0n) is 10.9. The molecular formula is C15H11N3O2S. The third-order valence-corrected chi connectivity index (χ3v) is 3.83. The van der Waals surface area contributed by atoms with Gasteiger partial charge in [-0.05, 0) is 30.3 Å². The molecule has 0 radical (unpaired) electrons. The van der Waals surface area contributed by atoms with Crippen molar-refractivity contribution in [1.82, 2.24) is 4.98 Å². The van der Waals surface area contributed by atoms with E-state index >= 15 is 0 Å². The molecule has 0 saturated carbocycles. The SMILES string of the molecule is NC(=O)c1ccccc1NC(=O)c1ccc2ncsc2c1. The minimum Gasteiger partial charge on any atom is -0.366 e. The highest BCUT2D eigenvalue weighted by molar-refractivity contribution is 7.16. The van der Waals surface area contributed by atoms with E-state index in [0.29, 0.717) is 11.3 Å². The molecule has 0 aliphatic heterocycles. The van der Waals surface area contributed by atoms with Crippen LogP contribution in [-0.4, -0.2) is 16.8 Å². The van der Waals surface area contributed by atoms with Crippen LogP contribution in [0.15, 0.2) is 48.0 Å². The number of thiazole rings is 1. The Morgan fingerprint density at radius 2 is 1.95 bits per heavy atom. The van der Waals surface area contributed by atoms with E-state index in [4.69, 9.17) is 5.73 Å². The van der Waals surface area contributed by atoms with Crippen molar-refractivity contribution in [3.63, 3.8) is 0 Å². The minimum absolute atomic E-state index is 0.282. The second-order valence-corrected chi connectivity index (χ2v) is 5.29. The molecule has 1 heterocycles. The summed E-state index contributed by atoms with van der Waals surface area (Å²) in [4.78, 5) is 27.8. The van der Waals surface area contributed by atoms with Crippen LogP contribution in [-0.2, 0) is 0 Å². The number of nitrogens with two attached hydrogens (primary N) is 1. The van der Waals surface area contributed by atoms with E-state index in [1.165, 1.54) is 11.3 Å². The first kappa shape index (κ1) is 13.3. The Kier molecular flexibility index (Phi) is 3.37. The van der Waals surface area contributed by atoms with Gasteiger partial charge < -0.3 is 11.1 Å². The van der Waals surface area contributed by atoms with Gasteiger partial charge in [0.1, 0.15) is 0 Å². The molecule has 6 heteroatoms. The van der Waals surface area contributed by atoms with E-state index < -0.39 is 5.91 Å². The zero-order chi connectivity index (χ0) is 14.8. The first-order valence-corrected chi connectivity index (χ1v) is 7.06. The summed E-state index contributed by atoms with van der Waals surface area (Å²) in [6.45, 7) is 0. The fourth-order valence-corrected chi connectivity index (χ4v) is 2.71. The average Bonchev–Trinajstić information content (AvgIpc) is 2.94. The number of nitrogens with zero attached hydrogens (tertiary/aromatic N) is 1. The van der Waals surface area contributed by atoms with Crippen molar-refractivity contribution in [3.8, 4) is 0 Å². The minimum atomic E-state index is -0.580. The molecule has 2 aromatic carbocycles. The fourth-order valence-electron chi connectivity index (χ4n) is 2.00. The largest absolute Gasteiger partial charge is 0.366 e. The number of amides is 2. The zero-order valence-corrected chi connectivity index (χ0v) is 11.7. The molecule has 5 nitrogen and oxygen atoms in total. The second kappa shape index (κ2) is 5.34.